The Bertz CT molecular complexity index is 563. The summed E-state index contributed by atoms with van der Waals surface area (Å²) in [6.07, 6.45) is 3.21. The van der Waals surface area contributed by atoms with E-state index >= 15 is 0 Å². The molecular weight excluding hydrogens is 236 g/mol. The van der Waals surface area contributed by atoms with Crippen molar-refractivity contribution in [2.24, 2.45) is 0 Å². The van der Waals surface area contributed by atoms with E-state index in [4.69, 9.17) is 16.3 Å². The van der Waals surface area contributed by atoms with E-state index < -0.39 is 0 Å². The largest absolute Gasteiger partial charge is 0.494 e. The normalized spacial score (nSPS) is 13.8. The molecule has 0 fully saturated rings. The average Bonchev–Trinajstić information content (AvgIpc) is 2.93. The molecule has 3 rings (SSSR count). The maximum absolute atomic E-state index is 6.38. The van der Waals surface area contributed by atoms with Gasteiger partial charge in [0.1, 0.15) is 16.6 Å². The summed E-state index contributed by atoms with van der Waals surface area (Å²) in [5.41, 5.74) is 3.22. The molecular formula is C13H13ClN2O. The molecule has 0 spiro atoms. The average molecular weight is 249 g/mol. The van der Waals surface area contributed by atoms with Crippen molar-refractivity contribution < 1.29 is 4.74 Å². The van der Waals surface area contributed by atoms with Crippen LogP contribution >= 0.6 is 11.6 Å². The number of fused-ring (bicyclic) bond motifs is 1. The summed E-state index contributed by atoms with van der Waals surface area (Å²) in [6, 6.07) is 7.78. The lowest BCUT2D eigenvalue weighted by molar-refractivity contribution is 0.411. The Balaban J connectivity index is 2.16. The highest BCUT2D eigenvalue weighted by Crippen LogP contribution is 2.32. The number of nitrogens with zero attached hydrogens (tertiary/aromatic N) is 2. The lowest BCUT2D eigenvalue weighted by Gasteiger charge is -2.09. The molecule has 1 aliphatic carbocycles. The molecule has 88 valence electrons. The number of hydrogen-bond acceptors (Lipinski definition) is 2. The van der Waals surface area contributed by atoms with Gasteiger partial charge in [-0.2, -0.15) is 5.10 Å². The molecule has 0 amide bonds. The predicted molar refractivity (Wildman–Crippen MR) is 67.2 cm³/mol. The summed E-state index contributed by atoms with van der Waals surface area (Å²) < 4.78 is 7.12. The molecule has 0 aliphatic heterocycles. The maximum atomic E-state index is 6.38. The Labute approximate surface area is 105 Å². The van der Waals surface area contributed by atoms with Gasteiger partial charge >= 0.3 is 0 Å². The van der Waals surface area contributed by atoms with Gasteiger partial charge in [0.15, 0.2) is 0 Å². The topological polar surface area (TPSA) is 27.1 Å². The van der Waals surface area contributed by atoms with E-state index in [1.807, 2.05) is 24.3 Å². The highest BCUT2D eigenvalue weighted by atomic mass is 35.5. The van der Waals surface area contributed by atoms with Gasteiger partial charge in [-0.15, -0.1) is 0 Å². The first-order valence-electron chi connectivity index (χ1n) is 5.71. The van der Waals surface area contributed by atoms with Gasteiger partial charge in [0.25, 0.3) is 0 Å². The molecule has 1 aromatic heterocycles. The van der Waals surface area contributed by atoms with Crippen molar-refractivity contribution in [2.45, 2.75) is 19.3 Å². The molecule has 3 nitrogen and oxygen atoms in total. The lowest BCUT2D eigenvalue weighted by atomic mass is 10.3. The molecule has 1 aromatic carbocycles. The van der Waals surface area contributed by atoms with Gasteiger partial charge < -0.3 is 4.74 Å². The van der Waals surface area contributed by atoms with E-state index in [9.17, 15) is 0 Å². The van der Waals surface area contributed by atoms with E-state index in [1.54, 1.807) is 11.8 Å². The van der Waals surface area contributed by atoms with Gasteiger partial charge in [-0.05, 0) is 31.4 Å². The lowest BCUT2D eigenvalue weighted by Crippen LogP contribution is -2.01. The first-order chi connectivity index (χ1) is 8.31. The molecule has 17 heavy (non-hydrogen) atoms. The van der Waals surface area contributed by atoms with E-state index in [1.165, 1.54) is 5.56 Å². The molecule has 0 unspecified atom stereocenters. The SMILES string of the molecule is COc1ccccc1-n1nc2c(c1Cl)CCC2. The minimum atomic E-state index is 0.724. The number of ether oxygens (including phenoxy) is 1. The number of aryl methyl sites for hydroxylation is 1. The number of halogens is 1. The Morgan fingerprint density at radius 1 is 1.29 bits per heavy atom. The summed E-state index contributed by atoms with van der Waals surface area (Å²) in [5.74, 6) is 0.788. The van der Waals surface area contributed by atoms with Gasteiger partial charge in [-0.25, -0.2) is 4.68 Å². The molecule has 0 radical (unpaired) electrons. The van der Waals surface area contributed by atoms with E-state index in [0.29, 0.717) is 0 Å². The zero-order valence-electron chi connectivity index (χ0n) is 9.61. The first kappa shape index (κ1) is 10.7. The van der Waals surface area contributed by atoms with Crippen molar-refractivity contribution in [1.29, 1.82) is 0 Å². The second-order valence-corrected chi connectivity index (χ2v) is 4.51. The predicted octanol–water partition coefficient (Wildman–Crippen LogP) is 3.02. The van der Waals surface area contributed by atoms with Crippen LogP contribution in [0, 0.1) is 0 Å². The summed E-state index contributed by atoms with van der Waals surface area (Å²) in [4.78, 5) is 0. The van der Waals surface area contributed by atoms with Crippen molar-refractivity contribution in [1.82, 2.24) is 9.78 Å². The summed E-state index contributed by atoms with van der Waals surface area (Å²) in [5, 5.41) is 5.30. The number of benzene rings is 1. The molecule has 1 aliphatic rings. The Morgan fingerprint density at radius 2 is 2.12 bits per heavy atom. The minimum absolute atomic E-state index is 0.724. The third-order valence-corrected chi connectivity index (χ3v) is 3.55. The molecule has 2 aromatic rings. The van der Waals surface area contributed by atoms with Crippen LogP contribution in [0.1, 0.15) is 17.7 Å². The van der Waals surface area contributed by atoms with Crippen LogP contribution in [-0.4, -0.2) is 16.9 Å². The van der Waals surface area contributed by atoms with Gasteiger partial charge in [0.05, 0.1) is 12.8 Å². The fraction of sp³-hybridized carbons (Fsp3) is 0.308. The third kappa shape index (κ3) is 1.62. The summed E-state index contributed by atoms with van der Waals surface area (Å²) >= 11 is 6.38. The van der Waals surface area contributed by atoms with Gasteiger partial charge in [-0.1, -0.05) is 23.7 Å². The van der Waals surface area contributed by atoms with Crippen LogP contribution in [0.4, 0.5) is 0 Å². The quantitative estimate of drug-likeness (QED) is 0.817. The molecule has 0 N–H and O–H groups in total. The Kier molecular flexibility index (Phi) is 2.56. The zero-order chi connectivity index (χ0) is 11.8. The van der Waals surface area contributed by atoms with Crippen LogP contribution in [0.2, 0.25) is 5.15 Å². The molecule has 0 atom stereocenters. The second-order valence-electron chi connectivity index (χ2n) is 4.15. The third-order valence-electron chi connectivity index (χ3n) is 3.16. The van der Waals surface area contributed by atoms with E-state index in [0.717, 1.165) is 41.5 Å². The highest BCUT2D eigenvalue weighted by molar-refractivity contribution is 6.30. The van der Waals surface area contributed by atoms with Gasteiger partial charge in [-0.3, -0.25) is 0 Å². The summed E-state index contributed by atoms with van der Waals surface area (Å²) in [7, 11) is 1.66. The number of aromatic nitrogens is 2. The van der Waals surface area contributed by atoms with Crippen molar-refractivity contribution >= 4 is 11.6 Å². The molecule has 4 heteroatoms. The van der Waals surface area contributed by atoms with Crippen LogP contribution in [0.5, 0.6) is 5.75 Å². The zero-order valence-corrected chi connectivity index (χ0v) is 10.4. The molecule has 1 heterocycles. The van der Waals surface area contributed by atoms with Gasteiger partial charge in [0.2, 0.25) is 0 Å². The maximum Gasteiger partial charge on any atom is 0.144 e. The van der Waals surface area contributed by atoms with Crippen LogP contribution < -0.4 is 4.74 Å². The fourth-order valence-corrected chi connectivity index (χ4v) is 2.65. The standard InChI is InChI=1S/C13H13ClN2O/c1-17-12-8-3-2-7-11(12)16-13(14)9-5-4-6-10(9)15-16/h2-3,7-8H,4-6H2,1H3. The van der Waals surface area contributed by atoms with Crippen LogP contribution in [0.25, 0.3) is 5.69 Å². The monoisotopic (exact) mass is 248 g/mol. The van der Waals surface area contributed by atoms with Crippen LogP contribution in [-0.2, 0) is 12.8 Å². The smallest absolute Gasteiger partial charge is 0.144 e. The fourth-order valence-electron chi connectivity index (χ4n) is 2.32. The van der Waals surface area contributed by atoms with Crippen molar-refractivity contribution in [3.05, 3.63) is 40.7 Å². The Morgan fingerprint density at radius 3 is 2.88 bits per heavy atom. The van der Waals surface area contributed by atoms with Crippen molar-refractivity contribution in [3.63, 3.8) is 0 Å². The molecule has 0 saturated heterocycles. The van der Waals surface area contributed by atoms with E-state index in [-0.39, 0.29) is 0 Å². The van der Waals surface area contributed by atoms with Crippen LogP contribution in [0.3, 0.4) is 0 Å². The first-order valence-corrected chi connectivity index (χ1v) is 6.08. The summed E-state index contributed by atoms with van der Waals surface area (Å²) in [6.45, 7) is 0. The minimum Gasteiger partial charge on any atom is -0.494 e. The highest BCUT2D eigenvalue weighted by Gasteiger charge is 2.22. The number of rotatable bonds is 2. The van der Waals surface area contributed by atoms with E-state index in [2.05, 4.69) is 5.10 Å². The van der Waals surface area contributed by atoms with Crippen molar-refractivity contribution in [2.75, 3.05) is 7.11 Å². The van der Waals surface area contributed by atoms with Crippen molar-refractivity contribution in [3.8, 4) is 11.4 Å². The van der Waals surface area contributed by atoms with Gasteiger partial charge in [0, 0.05) is 5.56 Å². The Hall–Kier alpha value is -1.48. The second kappa shape index (κ2) is 4.08. The number of hydrogen-bond donors (Lipinski definition) is 0. The number of para-hydroxylation sites is 2. The number of methoxy groups -OCH3 is 1. The molecule has 0 saturated carbocycles. The molecule has 0 bridgehead atoms. The van der Waals surface area contributed by atoms with Crippen LogP contribution in [0.15, 0.2) is 24.3 Å².